The van der Waals surface area contributed by atoms with Gasteiger partial charge in [0.05, 0.1) is 5.56 Å². The van der Waals surface area contributed by atoms with Crippen LogP contribution in [0.15, 0.2) is 23.2 Å². The number of nitrogens with zero attached hydrogens (tertiary/aromatic N) is 4. The lowest BCUT2D eigenvalue weighted by Gasteiger charge is -2.22. The number of hydroxylamine groups is 1. The summed E-state index contributed by atoms with van der Waals surface area (Å²) in [6.45, 7) is 0. The molecular formula is C18H25N5O3. The van der Waals surface area contributed by atoms with E-state index in [4.69, 9.17) is 9.73 Å². The second-order valence-electron chi connectivity index (χ2n) is 6.96. The predicted octanol–water partition coefficient (Wildman–Crippen LogP) is 3.26. The molecule has 0 spiro atoms. The third-order valence-electron chi connectivity index (χ3n) is 5.06. The number of amides is 1. The SMILES string of the molecule is O=C(CC(CCCC1CCCCC1)c1noc(-c2cncnc2)n1)NO. The van der Waals surface area contributed by atoms with Crippen LogP contribution >= 0.6 is 0 Å². The quantitative estimate of drug-likeness (QED) is 0.549. The molecule has 140 valence electrons. The maximum Gasteiger partial charge on any atom is 0.261 e. The molecule has 0 aromatic carbocycles. The zero-order valence-electron chi connectivity index (χ0n) is 14.8. The number of carbonyl (C=O) groups is 1. The van der Waals surface area contributed by atoms with Crippen LogP contribution in [0.5, 0.6) is 0 Å². The van der Waals surface area contributed by atoms with Gasteiger partial charge < -0.3 is 4.52 Å². The van der Waals surface area contributed by atoms with Crippen molar-refractivity contribution in [2.75, 3.05) is 0 Å². The van der Waals surface area contributed by atoms with Crippen LogP contribution in [0.25, 0.3) is 11.5 Å². The van der Waals surface area contributed by atoms with Crippen molar-refractivity contribution in [3.63, 3.8) is 0 Å². The van der Waals surface area contributed by atoms with E-state index in [0.29, 0.717) is 17.3 Å². The van der Waals surface area contributed by atoms with Gasteiger partial charge in [0.15, 0.2) is 5.82 Å². The maximum absolute atomic E-state index is 11.7. The molecule has 8 nitrogen and oxygen atoms in total. The smallest absolute Gasteiger partial charge is 0.261 e. The van der Waals surface area contributed by atoms with Gasteiger partial charge in [-0.25, -0.2) is 15.4 Å². The summed E-state index contributed by atoms with van der Waals surface area (Å²) in [7, 11) is 0. The van der Waals surface area contributed by atoms with Gasteiger partial charge in [0.1, 0.15) is 6.33 Å². The Morgan fingerprint density at radius 3 is 2.77 bits per heavy atom. The highest BCUT2D eigenvalue weighted by Gasteiger charge is 2.23. The highest BCUT2D eigenvalue weighted by Crippen LogP contribution is 2.31. The molecule has 1 unspecified atom stereocenters. The molecule has 0 radical (unpaired) electrons. The molecule has 1 saturated carbocycles. The van der Waals surface area contributed by atoms with Crippen molar-refractivity contribution in [1.29, 1.82) is 0 Å². The molecule has 8 heteroatoms. The minimum atomic E-state index is -0.443. The van der Waals surface area contributed by atoms with E-state index in [-0.39, 0.29) is 12.3 Å². The number of carbonyl (C=O) groups excluding carboxylic acids is 1. The van der Waals surface area contributed by atoms with E-state index in [2.05, 4.69) is 20.1 Å². The first kappa shape index (κ1) is 18.4. The zero-order chi connectivity index (χ0) is 18.2. The van der Waals surface area contributed by atoms with E-state index in [1.807, 2.05) is 0 Å². The fraction of sp³-hybridized carbons (Fsp3) is 0.611. The number of nitrogens with one attached hydrogen (secondary N) is 1. The Hall–Kier alpha value is -2.35. The van der Waals surface area contributed by atoms with Gasteiger partial charge in [-0.1, -0.05) is 50.1 Å². The molecule has 1 fully saturated rings. The van der Waals surface area contributed by atoms with Crippen molar-refractivity contribution in [2.45, 2.75) is 63.7 Å². The molecular weight excluding hydrogens is 334 g/mol. The number of hydrogen-bond acceptors (Lipinski definition) is 7. The summed E-state index contributed by atoms with van der Waals surface area (Å²) in [4.78, 5) is 24.0. The third kappa shape index (κ3) is 5.08. The molecule has 3 rings (SSSR count). The first-order valence-corrected chi connectivity index (χ1v) is 9.28. The first-order chi connectivity index (χ1) is 12.8. The van der Waals surface area contributed by atoms with Crippen molar-refractivity contribution in [1.82, 2.24) is 25.6 Å². The number of rotatable bonds is 8. The second-order valence-corrected chi connectivity index (χ2v) is 6.96. The summed E-state index contributed by atoms with van der Waals surface area (Å²) in [5.41, 5.74) is 2.34. The normalized spacial score (nSPS) is 16.3. The van der Waals surface area contributed by atoms with Crippen molar-refractivity contribution >= 4 is 5.91 Å². The Morgan fingerprint density at radius 2 is 2.04 bits per heavy atom. The minimum Gasteiger partial charge on any atom is -0.334 e. The minimum absolute atomic E-state index is 0.130. The summed E-state index contributed by atoms with van der Waals surface area (Å²) in [6, 6.07) is 0. The molecule has 0 saturated heterocycles. The molecule has 0 bridgehead atoms. The van der Waals surface area contributed by atoms with Crippen LogP contribution in [0.2, 0.25) is 0 Å². The summed E-state index contributed by atoms with van der Waals surface area (Å²) < 4.78 is 5.31. The van der Waals surface area contributed by atoms with Crippen LogP contribution in [0, 0.1) is 5.92 Å². The lowest BCUT2D eigenvalue weighted by molar-refractivity contribution is -0.129. The van der Waals surface area contributed by atoms with Gasteiger partial charge in [0, 0.05) is 24.7 Å². The summed E-state index contributed by atoms with van der Waals surface area (Å²) in [6.07, 6.45) is 14.3. The van der Waals surface area contributed by atoms with E-state index >= 15 is 0 Å². The molecule has 1 amide bonds. The van der Waals surface area contributed by atoms with Gasteiger partial charge in [0.25, 0.3) is 5.89 Å². The first-order valence-electron chi connectivity index (χ1n) is 9.28. The topological polar surface area (TPSA) is 114 Å². The monoisotopic (exact) mass is 359 g/mol. The molecule has 26 heavy (non-hydrogen) atoms. The van der Waals surface area contributed by atoms with E-state index in [1.54, 1.807) is 17.9 Å². The lowest BCUT2D eigenvalue weighted by atomic mass is 9.84. The largest absolute Gasteiger partial charge is 0.334 e. The molecule has 1 aliphatic rings. The van der Waals surface area contributed by atoms with Gasteiger partial charge in [-0.2, -0.15) is 4.98 Å². The summed E-state index contributed by atoms with van der Waals surface area (Å²) in [5, 5.41) is 12.9. The fourth-order valence-corrected chi connectivity index (χ4v) is 3.65. The van der Waals surface area contributed by atoms with Gasteiger partial charge in [-0.15, -0.1) is 0 Å². The second kappa shape index (κ2) is 9.38. The lowest BCUT2D eigenvalue weighted by Crippen LogP contribution is -2.21. The van der Waals surface area contributed by atoms with Gasteiger partial charge in [0.2, 0.25) is 5.91 Å². The number of hydrogen-bond donors (Lipinski definition) is 2. The van der Waals surface area contributed by atoms with Crippen LogP contribution in [0.3, 0.4) is 0 Å². The molecule has 1 aliphatic carbocycles. The Balaban J connectivity index is 1.63. The van der Waals surface area contributed by atoms with Crippen LogP contribution in [0.4, 0.5) is 0 Å². The fourth-order valence-electron chi connectivity index (χ4n) is 3.65. The van der Waals surface area contributed by atoms with Crippen LogP contribution < -0.4 is 5.48 Å². The van der Waals surface area contributed by atoms with Crippen molar-refractivity contribution < 1.29 is 14.5 Å². The third-order valence-corrected chi connectivity index (χ3v) is 5.06. The number of aromatic nitrogens is 4. The molecule has 2 aromatic rings. The summed E-state index contributed by atoms with van der Waals surface area (Å²) in [5.74, 6) is 0.978. The van der Waals surface area contributed by atoms with Gasteiger partial charge in [-0.3, -0.25) is 10.0 Å². The van der Waals surface area contributed by atoms with E-state index in [1.165, 1.54) is 38.4 Å². The highest BCUT2D eigenvalue weighted by molar-refractivity contribution is 5.75. The Labute approximate surface area is 152 Å². The highest BCUT2D eigenvalue weighted by atomic mass is 16.5. The van der Waals surface area contributed by atoms with Crippen LogP contribution in [-0.4, -0.2) is 31.2 Å². The van der Waals surface area contributed by atoms with Crippen molar-refractivity contribution in [2.24, 2.45) is 5.92 Å². The summed E-state index contributed by atoms with van der Waals surface area (Å²) >= 11 is 0. The standard InChI is InChI=1S/C18H25N5O3/c24-16(22-25)9-14(8-4-7-13-5-2-1-3-6-13)17-21-18(26-23-17)15-10-19-12-20-11-15/h10-14,25H,1-9H2,(H,22,24). The molecule has 2 aromatic heterocycles. The van der Waals surface area contributed by atoms with Gasteiger partial charge >= 0.3 is 0 Å². The van der Waals surface area contributed by atoms with Crippen molar-refractivity contribution in [3.8, 4) is 11.5 Å². The Bertz CT molecular complexity index is 685. The van der Waals surface area contributed by atoms with Crippen LogP contribution in [0.1, 0.15) is 69.5 Å². The maximum atomic E-state index is 11.7. The van der Waals surface area contributed by atoms with Crippen LogP contribution in [-0.2, 0) is 4.79 Å². The molecule has 2 N–H and O–H groups in total. The molecule has 1 atom stereocenters. The zero-order valence-corrected chi connectivity index (χ0v) is 14.8. The van der Waals surface area contributed by atoms with Gasteiger partial charge in [-0.05, 0) is 12.3 Å². The average molecular weight is 359 g/mol. The average Bonchev–Trinajstić information content (AvgIpc) is 3.19. The van der Waals surface area contributed by atoms with E-state index in [0.717, 1.165) is 25.2 Å². The molecule has 0 aliphatic heterocycles. The van der Waals surface area contributed by atoms with E-state index < -0.39 is 5.91 Å². The van der Waals surface area contributed by atoms with E-state index in [9.17, 15) is 4.79 Å². The van der Waals surface area contributed by atoms with Crippen molar-refractivity contribution in [3.05, 3.63) is 24.5 Å². The Kier molecular flexibility index (Phi) is 6.65. The predicted molar refractivity (Wildman–Crippen MR) is 93.0 cm³/mol. The molecule has 2 heterocycles. The Morgan fingerprint density at radius 1 is 1.27 bits per heavy atom.